The molecule has 34 heavy (non-hydrogen) atoms. The summed E-state index contributed by atoms with van der Waals surface area (Å²) in [5.41, 5.74) is 1.98. The third-order valence-corrected chi connectivity index (χ3v) is 5.89. The van der Waals surface area contributed by atoms with Crippen LogP contribution in [0.3, 0.4) is 0 Å². The normalized spacial score (nSPS) is 11.5. The van der Waals surface area contributed by atoms with Crippen LogP contribution >= 0.6 is 11.3 Å². The first kappa shape index (κ1) is 23.1. The smallest absolute Gasteiger partial charge is 0.251 e. The molecule has 0 bridgehead atoms. The Morgan fingerprint density at radius 2 is 1.68 bits per heavy atom. The number of nitrogens with zero attached hydrogens (tertiary/aromatic N) is 2. The SMILES string of the molecule is COc1ccc(C(=O)N[C@H](Cc2ccccc2)C(=O)Nc2nnc(-c3ccc(F)cc3)s2)cc1. The number of anilines is 1. The predicted molar refractivity (Wildman–Crippen MR) is 128 cm³/mol. The molecule has 0 saturated carbocycles. The number of ether oxygens (including phenoxy) is 1. The Balaban J connectivity index is 1.50. The average molecular weight is 477 g/mol. The molecule has 2 N–H and O–H groups in total. The van der Waals surface area contributed by atoms with Gasteiger partial charge in [0.2, 0.25) is 11.0 Å². The molecule has 172 valence electrons. The molecule has 4 aromatic rings. The van der Waals surface area contributed by atoms with Crippen molar-refractivity contribution in [3.63, 3.8) is 0 Å². The van der Waals surface area contributed by atoms with E-state index in [1.165, 1.54) is 12.1 Å². The number of carbonyl (C=O) groups excluding carboxylic acids is 2. The molecule has 0 spiro atoms. The van der Waals surface area contributed by atoms with Gasteiger partial charge in [-0.05, 0) is 54.1 Å². The van der Waals surface area contributed by atoms with Crippen molar-refractivity contribution in [3.8, 4) is 16.3 Å². The molecular weight excluding hydrogens is 455 g/mol. The van der Waals surface area contributed by atoms with Gasteiger partial charge >= 0.3 is 0 Å². The zero-order chi connectivity index (χ0) is 23.9. The minimum absolute atomic E-state index is 0.279. The first-order valence-electron chi connectivity index (χ1n) is 10.4. The summed E-state index contributed by atoms with van der Waals surface area (Å²) >= 11 is 1.16. The number of benzene rings is 3. The van der Waals surface area contributed by atoms with E-state index in [4.69, 9.17) is 4.74 Å². The maximum atomic E-state index is 13.2. The third-order valence-electron chi connectivity index (χ3n) is 5.00. The minimum Gasteiger partial charge on any atom is -0.497 e. The van der Waals surface area contributed by atoms with Gasteiger partial charge in [0, 0.05) is 17.5 Å². The third kappa shape index (κ3) is 5.81. The maximum absolute atomic E-state index is 13.2. The van der Waals surface area contributed by atoms with E-state index in [1.54, 1.807) is 43.5 Å². The Morgan fingerprint density at radius 3 is 2.35 bits per heavy atom. The molecular formula is C25H21FN4O3S. The van der Waals surface area contributed by atoms with E-state index < -0.39 is 11.9 Å². The summed E-state index contributed by atoms with van der Waals surface area (Å²) in [6.45, 7) is 0. The van der Waals surface area contributed by atoms with Gasteiger partial charge in [0.05, 0.1) is 7.11 Å². The van der Waals surface area contributed by atoms with E-state index in [9.17, 15) is 14.0 Å². The van der Waals surface area contributed by atoms with Gasteiger partial charge in [0.25, 0.3) is 5.91 Å². The molecule has 1 aromatic heterocycles. The van der Waals surface area contributed by atoms with Crippen LogP contribution in [0, 0.1) is 5.82 Å². The molecule has 1 atom stereocenters. The van der Waals surface area contributed by atoms with Gasteiger partial charge < -0.3 is 10.1 Å². The second-order valence-electron chi connectivity index (χ2n) is 7.35. The van der Waals surface area contributed by atoms with Crippen molar-refractivity contribution in [1.82, 2.24) is 15.5 Å². The molecule has 9 heteroatoms. The Labute approximate surface area is 199 Å². The number of amides is 2. The van der Waals surface area contributed by atoms with Crippen LogP contribution in [0.4, 0.5) is 9.52 Å². The van der Waals surface area contributed by atoms with Crippen molar-refractivity contribution in [2.24, 2.45) is 0 Å². The molecule has 0 fully saturated rings. The molecule has 1 heterocycles. The Bertz CT molecular complexity index is 1260. The fraction of sp³-hybridized carbons (Fsp3) is 0.120. The number of hydrogen-bond acceptors (Lipinski definition) is 6. The fourth-order valence-electron chi connectivity index (χ4n) is 3.22. The van der Waals surface area contributed by atoms with Gasteiger partial charge in [-0.1, -0.05) is 41.7 Å². The number of hydrogen-bond donors (Lipinski definition) is 2. The average Bonchev–Trinajstić information content (AvgIpc) is 3.33. The van der Waals surface area contributed by atoms with Crippen molar-refractivity contribution in [2.75, 3.05) is 12.4 Å². The van der Waals surface area contributed by atoms with E-state index in [-0.39, 0.29) is 23.3 Å². The highest BCUT2D eigenvalue weighted by Crippen LogP contribution is 2.26. The standard InChI is InChI=1S/C25H21FN4O3S/c1-33-20-13-9-17(10-14-20)22(31)27-21(15-16-5-3-2-4-6-16)23(32)28-25-30-29-24(34-25)18-7-11-19(26)12-8-18/h2-14,21H,15H2,1H3,(H,27,31)(H,28,30,32)/t21-/m1/s1. The Kier molecular flexibility index (Phi) is 7.24. The molecule has 0 radical (unpaired) electrons. The number of methoxy groups -OCH3 is 1. The number of nitrogens with one attached hydrogen (secondary N) is 2. The summed E-state index contributed by atoms with van der Waals surface area (Å²) < 4.78 is 18.3. The summed E-state index contributed by atoms with van der Waals surface area (Å²) in [4.78, 5) is 25.9. The molecule has 2 amide bonds. The number of halogens is 1. The number of rotatable bonds is 8. The fourth-order valence-corrected chi connectivity index (χ4v) is 3.97. The Hall–Kier alpha value is -4.11. The van der Waals surface area contributed by atoms with Gasteiger partial charge in [0.15, 0.2) is 0 Å². The highest BCUT2D eigenvalue weighted by atomic mass is 32.1. The molecule has 3 aromatic carbocycles. The lowest BCUT2D eigenvalue weighted by molar-refractivity contribution is -0.118. The first-order valence-corrected chi connectivity index (χ1v) is 11.2. The lowest BCUT2D eigenvalue weighted by atomic mass is 10.0. The second kappa shape index (κ2) is 10.7. The lowest BCUT2D eigenvalue weighted by Crippen LogP contribution is -2.45. The van der Waals surface area contributed by atoms with Crippen molar-refractivity contribution < 1.29 is 18.7 Å². The maximum Gasteiger partial charge on any atom is 0.251 e. The molecule has 7 nitrogen and oxygen atoms in total. The van der Waals surface area contributed by atoms with Crippen LogP contribution in [0.2, 0.25) is 0 Å². The topological polar surface area (TPSA) is 93.2 Å². The minimum atomic E-state index is -0.852. The van der Waals surface area contributed by atoms with Crippen LogP contribution in [0.1, 0.15) is 15.9 Å². The van der Waals surface area contributed by atoms with E-state index in [0.29, 0.717) is 21.9 Å². The van der Waals surface area contributed by atoms with E-state index >= 15 is 0 Å². The highest BCUT2D eigenvalue weighted by Gasteiger charge is 2.23. The van der Waals surface area contributed by atoms with E-state index in [2.05, 4.69) is 20.8 Å². The van der Waals surface area contributed by atoms with E-state index in [1.807, 2.05) is 30.3 Å². The molecule has 0 saturated heterocycles. The summed E-state index contributed by atoms with van der Waals surface area (Å²) in [7, 11) is 1.55. The van der Waals surface area contributed by atoms with E-state index in [0.717, 1.165) is 16.9 Å². The summed E-state index contributed by atoms with van der Waals surface area (Å²) in [5.74, 6) is -0.531. The predicted octanol–water partition coefficient (Wildman–Crippen LogP) is 4.33. The molecule has 0 aliphatic rings. The van der Waals surface area contributed by atoms with Crippen LogP contribution in [0.25, 0.3) is 10.6 Å². The quantitative estimate of drug-likeness (QED) is 0.395. The largest absolute Gasteiger partial charge is 0.497 e. The Morgan fingerprint density at radius 1 is 0.971 bits per heavy atom. The van der Waals surface area contributed by atoms with Gasteiger partial charge in [-0.25, -0.2) is 4.39 Å². The van der Waals surface area contributed by atoms with Crippen molar-refractivity contribution in [2.45, 2.75) is 12.5 Å². The van der Waals surface area contributed by atoms with Crippen molar-refractivity contribution in [1.29, 1.82) is 0 Å². The van der Waals surface area contributed by atoms with Crippen LogP contribution in [-0.4, -0.2) is 35.2 Å². The molecule has 0 aliphatic carbocycles. The monoisotopic (exact) mass is 476 g/mol. The van der Waals surface area contributed by atoms with Gasteiger partial charge in [-0.15, -0.1) is 10.2 Å². The van der Waals surface area contributed by atoms with Gasteiger partial charge in [-0.2, -0.15) is 0 Å². The first-order chi connectivity index (χ1) is 16.5. The van der Waals surface area contributed by atoms with Crippen LogP contribution < -0.4 is 15.4 Å². The summed E-state index contributed by atoms with van der Waals surface area (Å²) in [6.07, 6.45) is 0.290. The van der Waals surface area contributed by atoms with Crippen molar-refractivity contribution in [3.05, 3.63) is 95.8 Å². The second-order valence-corrected chi connectivity index (χ2v) is 8.33. The van der Waals surface area contributed by atoms with Crippen LogP contribution in [0.5, 0.6) is 5.75 Å². The highest BCUT2D eigenvalue weighted by molar-refractivity contribution is 7.18. The van der Waals surface area contributed by atoms with Gasteiger partial charge in [-0.3, -0.25) is 14.9 Å². The zero-order valence-corrected chi connectivity index (χ0v) is 19.0. The summed E-state index contributed by atoms with van der Waals surface area (Å²) in [6, 6.07) is 21.0. The molecule has 0 aliphatic heterocycles. The zero-order valence-electron chi connectivity index (χ0n) is 18.2. The van der Waals surface area contributed by atoms with Gasteiger partial charge in [0.1, 0.15) is 22.6 Å². The van der Waals surface area contributed by atoms with Crippen LogP contribution in [-0.2, 0) is 11.2 Å². The lowest BCUT2D eigenvalue weighted by Gasteiger charge is -2.18. The summed E-state index contributed by atoms with van der Waals surface area (Å²) in [5, 5.41) is 14.4. The number of aromatic nitrogens is 2. The van der Waals surface area contributed by atoms with Crippen molar-refractivity contribution >= 4 is 28.3 Å². The molecule has 0 unspecified atom stereocenters. The van der Waals surface area contributed by atoms with Crippen LogP contribution in [0.15, 0.2) is 78.9 Å². The molecule has 4 rings (SSSR count). The number of carbonyl (C=O) groups is 2.